The van der Waals surface area contributed by atoms with Crippen LogP contribution < -0.4 is 5.32 Å². The number of benzene rings is 1. The molecule has 0 bridgehead atoms. The molecule has 0 radical (unpaired) electrons. The van der Waals surface area contributed by atoms with Gasteiger partial charge < -0.3 is 9.88 Å². The van der Waals surface area contributed by atoms with Crippen molar-refractivity contribution in [3.8, 4) is 0 Å². The molecule has 84 valence electrons. The predicted octanol–water partition coefficient (Wildman–Crippen LogP) is 3.25. The molecule has 2 rings (SSSR count). The van der Waals surface area contributed by atoms with E-state index in [9.17, 15) is 0 Å². The third-order valence-electron chi connectivity index (χ3n) is 2.90. The number of aromatic nitrogens is 1. The standard InChI is InChI=1S/C14H18N2/c1-11-6-7-12(2)14(9-11)15-10-13-5-4-8-16(13)3/h4-9,15H,10H2,1-3H3. The second-order valence-corrected chi connectivity index (χ2v) is 4.28. The van der Waals surface area contributed by atoms with E-state index in [4.69, 9.17) is 0 Å². The third kappa shape index (κ3) is 2.27. The van der Waals surface area contributed by atoms with Crippen molar-refractivity contribution >= 4 is 5.69 Å². The Kier molecular flexibility index (Phi) is 3.00. The highest BCUT2D eigenvalue weighted by Gasteiger charge is 2.00. The summed E-state index contributed by atoms with van der Waals surface area (Å²) in [6.45, 7) is 5.12. The van der Waals surface area contributed by atoms with Crippen molar-refractivity contribution in [2.24, 2.45) is 7.05 Å². The monoisotopic (exact) mass is 214 g/mol. The zero-order chi connectivity index (χ0) is 11.5. The molecule has 0 spiro atoms. The number of anilines is 1. The van der Waals surface area contributed by atoms with Gasteiger partial charge in [0.05, 0.1) is 6.54 Å². The van der Waals surface area contributed by atoms with E-state index in [-0.39, 0.29) is 0 Å². The van der Waals surface area contributed by atoms with Gasteiger partial charge in [-0.3, -0.25) is 0 Å². The molecular formula is C14H18N2. The zero-order valence-electron chi connectivity index (χ0n) is 10.1. The SMILES string of the molecule is Cc1ccc(C)c(NCc2cccn2C)c1. The van der Waals surface area contributed by atoms with Crippen molar-refractivity contribution in [1.82, 2.24) is 4.57 Å². The fraction of sp³-hybridized carbons (Fsp3) is 0.286. The summed E-state index contributed by atoms with van der Waals surface area (Å²) in [6.07, 6.45) is 2.07. The van der Waals surface area contributed by atoms with Crippen molar-refractivity contribution in [3.05, 3.63) is 53.3 Å². The normalized spacial score (nSPS) is 10.4. The Balaban J connectivity index is 2.10. The van der Waals surface area contributed by atoms with Crippen LogP contribution in [0, 0.1) is 13.8 Å². The zero-order valence-corrected chi connectivity index (χ0v) is 10.1. The van der Waals surface area contributed by atoms with E-state index in [2.05, 4.69) is 67.3 Å². The van der Waals surface area contributed by atoms with Crippen molar-refractivity contribution in [2.45, 2.75) is 20.4 Å². The smallest absolute Gasteiger partial charge is 0.0553 e. The summed E-state index contributed by atoms with van der Waals surface area (Å²) in [5, 5.41) is 3.48. The summed E-state index contributed by atoms with van der Waals surface area (Å²) in [5.74, 6) is 0. The van der Waals surface area contributed by atoms with Gasteiger partial charge in [0, 0.05) is 24.6 Å². The van der Waals surface area contributed by atoms with Crippen LogP contribution >= 0.6 is 0 Å². The van der Waals surface area contributed by atoms with Gasteiger partial charge in [0.15, 0.2) is 0 Å². The van der Waals surface area contributed by atoms with Gasteiger partial charge in [0.2, 0.25) is 0 Å². The first-order valence-corrected chi connectivity index (χ1v) is 5.58. The highest BCUT2D eigenvalue weighted by Crippen LogP contribution is 2.17. The first kappa shape index (κ1) is 10.8. The number of hydrogen-bond acceptors (Lipinski definition) is 1. The van der Waals surface area contributed by atoms with Crippen molar-refractivity contribution < 1.29 is 0 Å². The van der Waals surface area contributed by atoms with Crippen LogP contribution in [0.5, 0.6) is 0 Å². The highest BCUT2D eigenvalue weighted by molar-refractivity contribution is 5.52. The number of nitrogens with zero attached hydrogens (tertiary/aromatic N) is 1. The molecule has 0 saturated heterocycles. The van der Waals surface area contributed by atoms with Crippen LogP contribution in [0.1, 0.15) is 16.8 Å². The lowest BCUT2D eigenvalue weighted by atomic mass is 10.1. The lowest BCUT2D eigenvalue weighted by molar-refractivity contribution is 0.842. The van der Waals surface area contributed by atoms with Crippen LogP contribution in [0.4, 0.5) is 5.69 Å². The first-order valence-electron chi connectivity index (χ1n) is 5.58. The summed E-state index contributed by atoms with van der Waals surface area (Å²) >= 11 is 0. The quantitative estimate of drug-likeness (QED) is 0.830. The first-order chi connectivity index (χ1) is 7.66. The molecule has 0 aliphatic heterocycles. The third-order valence-corrected chi connectivity index (χ3v) is 2.90. The van der Waals surface area contributed by atoms with Gasteiger partial charge in [-0.15, -0.1) is 0 Å². The van der Waals surface area contributed by atoms with Gasteiger partial charge in [0.1, 0.15) is 0 Å². The van der Waals surface area contributed by atoms with Gasteiger partial charge in [-0.1, -0.05) is 12.1 Å². The Morgan fingerprint density at radius 3 is 2.69 bits per heavy atom. The van der Waals surface area contributed by atoms with Crippen LogP contribution in [0.15, 0.2) is 36.5 Å². The van der Waals surface area contributed by atoms with Gasteiger partial charge in [-0.25, -0.2) is 0 Å². The maximum Gasteiger partial charge on any atom is 0.0553 e. The van der Waals surface area contributed by atoms with E-state index >= 15 is 0 Å². The molecule has 0 saturated carbocycles. The molecule has 2 nitrogen and oxygen atoms in total. The van der Waals surface area contributed by atoms with E-state index in [1.165, 1.54) is 22.5 Å². The van der Waals surface area contributed by atoms with Crippen molar-refractivity contribution in [2.75, 3.05) is 5.32 Å². The van der Waals surface area contributed by atoms with Crippen LogP contribution in [0.3, 0.4) is 0 Å². The van der Waals surface area contributed by atoms with Gasteiger partial charge >= 0.3 is 0 Å². The molecule has 0 unspecified atom stereocenters. The lowest BCUT2D eigenvalue weighted by Gasteiger charge is -2.11. The molecule has 1 N–H and O–H groups in total. The summed E-state index contributed by atoms with van der Waals surface area (Å²) in [5.41, 5.74) is 5.10. The maximum atomic E-state index is 3.48. The van der Waals surface area contributed by atoms with E-state index in [0.29, 0.717) is 0 Å². The lowest BCUT2D eigenvalue weighted by Crippen LogP contribution is -2.05. The Morgan fingerprint density at radius 1 is 1.19 bits per heavy atom. The Morgan fingerprint density at radius 2 is 2.00 bits per heavy atom. The van der Waals surface area contributed by atoms with Crippen LogP contribution in [0.25, 0.3) is 0 Å². The minimum Gasteiger partial charge on any atom is -0.379 e. The average Bonchev–Trinajstić information content (AvgIpc) is 2.66. The molecular weight excluding hydrogens is 196 g/mol. The fourth-order valence-corrected chi connectivity index (χ4v) is 1.79. The molecule has 1 aromatic carbocycles. The number of rotatable bonds is 3. The average molecular weight is 214 g/mol. The molecule has 0 amide bonds. The summed E-state index contributed by atoms with van der Waals surface area (Å²) in [4.78, 5) is 0. The van der Waals surface area contributed by atoms with Crippen molar-refractivity contribution in [1.29, 1.82) is 0 Å². The van der Waals surface area contributed by atoms with E-state index < -0.39 is 0 Å². The highest BCUT2D eigenvalue weighted by atomic mass is 15.0. The molecule has 0 fully saturated rings. The van der Waals surface area contributed by atoms with Crippen molar-refractivity contribution in [3.63, 3.8) is 0 Å². The largest absolute Gasteiger partial charge is 0.379 e. The van der Waals surface area contributed by atoms with Crippen LogP contribution in [0.2, 0.25) is 0 Å². The topological polar surface area (TPSA) is 17.0 Å². The molecule has 1 heterocycles. The number of aryl methyl sites for hydroxylation is 3. The molecule has 2 heteroatoms. The number of nitrogens with one attached hydrogen (secondary N) is 1. The molecule has 2 aromatic rings. The molecule has 0 atom stereocenters. The van der Waals surface area contributed by atoms with Crippen LogP contribution in [-0.4, -0.2) is 4.57 Å². The summed E-state index contributed by atoms with van der Waals surface area (Å²) in [6, 6.07) is 10.7. The minimum absolute atomic E-state index is 0.869. The van der Waals surface area contributed by atoms with Gasteiger partial charge in [-0.05, 0) is 43.2 Å². The summed E-state index contributed by atoms with van der Waals surface area (Å²) < 4.78 is 2.14. The molecule has 1 aromatic heterocycles. The van der Waals surface area contributed by atoms with E-state index in [1.54, 1.807) is 0 Å². The van der Waals surface area contributed by atoms with E-state index in [1.807, 2.05) is 0 Å². The molecule has 0 aliphatic carbocycles. The van der Waals surface area contributed by atoms with Gasteiger partial charge in [-0.2, -0.15) is 0 Å². The molecule has 0 aliphatic rings. The second kappa shape index (κ2) is 4.44. The fourth-order valence-electron chi connectivity index (χ4n) is 1.79. The van der Waals surface area contributed by atoms with Gasteiger partial charge in [0.25, 0.3) is 0 Å². The maximum absolute atomic E-state index is 3.48. The minimum atomic E-state index is 0.869. The second-order valence-electron chi connectivity index (χ2n) is 4.28. The summed E-state index contributed by atoms with van der Waals surface area (Å²) in [7, 11) is 2.07. The molecule has 16 heavy (non-hydrogen) atoms. The Bertz CT molecular complexity index is 483. The Hall–Kier alpha value is -1.70. The Labute approximate surface area is 96.9 Å². The predicted molar refractivity (Wildman–Crippen MR) is 68.7 cm³/mol. The van der Waals surface area contributed by atoms with E-state index in [0.717, 1.165) is 6.54 Å². The van der Waals surface area contributed by atoms with Crippen LogP contribution in [-0.2, 0) is 13.6 Å². The number of hydrogen-bond donors (Lipinski definition) is 1.